The van der Waals surface area contributed by atoms with E-state index in [1.54, 1.807) is 0 Å². The lowest BCUT2D eigenvalue weighted by molar-refractivity contribution is 0.183. The van der Waals surface area contributed by atoms with Crippen LogP contribution in [-0.4, -0.2) is 29.5 Å². The Hall–Kier alpha value is -0.810. The Morgan fingerprint density at radius 3 is 3.07 bits per heavy atom. The van der Waals surface area contributed by atoms with Gasteiger partial charge in [-0.1, -0.05) is 5.10 Å². The lowest BCUT2D eigenvalue weighted by atomic mass is 10.0. The molecular weight excluding hydrogens is 218 g/mol. The smallest absolute Gasteiger partial charge is 0.315 e. The summed E-state index contributed by atoms with van der Waals surface area (Å²) in [5.74, 6) is 1.20. The van der Waals surface area contributed by atoms with Crippen molar-refractivity contribution in [1.82, 2.24) is 10.2 Å². The van der Waals surface area contributed by atoms with Gasteiger partial charge in [0.25, 0.3) is 0 Å². The molecule has 6 heteroatoms. The molecule has 1 aromatic heterocycles. The molecule has 2 unspecified atom stereocenters. The summed E-state index contributed by atoms with van der Waals surface area (Å²) < 4.78 is 10.6. The van der Waals surface area contributed by atoms with Gasteiger partial charge in [0.05, 0.1) is 6.61 Å². The second-order valence-electron chi connectivity index (χ2n) is 3.69. The lowest BCUT2D eigenvalue weighted by Crippen LogP contribution is -2.26. The van der Waals surface area contributed by atoms with Crippen molar-refractivity contribution >= 4 is 17.6 Å². The van der Waals surface area contributed by atoms with Gasteiger partial charge in [-0.05, 0) is 13.3 Å². The van der Waals surface area contributed by atoms with E-state index in [2.05, 4.69) is 22.4 Å². The second-order valence-corrected chi connectivity index (χ2v) is 3.96. The molecule has 1 aromatic rings. The van der Waals surface area contributed by atoms with Gasteiger partial charge >= 0.3 is 6.01 Å². The van der Waals surface area contributed by atoms with Crippen molar-refractivity contribution in [2.45, 2.75) is 25.3 Å². The van der Waals surface area contributed by atoms with E-state index in [9.17, 15) is 0 Å². The minimum Gasteiger partial charge on any atom is -0.407 e. The van der Waals surface area contributed by atoms with Crippen LogP contribution in [0.4, 0.5) is 6.01 Å². The van der Waals surface area contributed by atoms with Crippen molar-refractivity contribution in [1.29, 1.82) is 0 Å². The number of nitrogens with zero attached hydrogens (tertiary/aromatic N) is 2. The van der Waals surface area contributed by atoms with E-state index in [1.165, 1.54) is 0 Å². The third-order valence-electron chi connectivity index (χ3n) is 2.60. The van der Waals surface area contributed by atoms with Crippen LogP contribution in [0.3, 0.4) is 0 Å². The maximum atomic E-state index is 5.56. The van der Waals surface area contributed by atoms with Crippen LogP contribution in [-0.2, 0) is 10.6 Å². The molecule has 2 heterocycles. The van der Waals surface area contributed by atoms with Crippen LogP contribution in [0.2, 0.25) is 0 Å². The normalized spacial score (nSPS) is 22.9. The minimum absolute atomic E-state index is 0.246. The van der Waals surface area contributed by atoms with Crippen LogP contribution >= 0.6 is 11.6 Å². The molecule has 84 valence electrons. The van der Waals surface area contributed by atoms with Gasteiger partial charge in [-0.15, -0.1) is 16.7 Å². The monoisotopic (exact) mass is 231 g/mol. The fraction of sp³-hybridized carbons (Fsp3) is 0.778. The number of hydrogen-bond acceptors (Lipinski definition) is 5. The van der Waals surface area contributed by atoms with Crippen molar-refractivity contribution in [3.05, 3.63) is 5.89 Å². The maximum absolute atomic E-state index is 5.56. The minimum atomic E-state index is 0.246. The van der Waals surface area contributed by atoms with Gasteiger partial charge in [0.15, 0.2) is 0 Å². The molecule has 1 N–H and O–H groups in total. The molecule has 0 bridgehead atoms. The molecule has 1 aliphatic heterocycles. The Kier molecular flexibility index (Phi) is 3.43. The van der Waals surface area contributed by atoms with Crippen LogP contribution in [0.5, 0.6) is 0 Å². The molecular formula is C9H14ClN3O2. The van der Waals surface area contributed by atoms with Gasteiger partial charge in [-0.2, -0.15) is 0 Å². The first-order valence-corrected chi connectivity index (χ1v) is 5.55. The van der Waals surface area contributed by atoms with E-state index in [1.807, 2.05) is 0 Å². The quantitative estimate of drug-likeness (QED) is 0.799. The summed E-state index contributed by atoms with van der Waals surface area (Å²) in [5.41, 5.74) is 0. The second kappa shape index (κ2) is 4.81. The highest BCUT2D eigenvalue weighted by Gasteiger charge is 2.23. The molecule has 0 aromatic carbocycles. The number of ether oxygens (including phenoxy) is 1. The summed E-state index contributed by atoms with van der Waals surface area (Å²) >= 11 is 5.56. The number of rotatable bonds is 4. The number of alkyl halides is 1. The van der Waals surface area contributed by atoms with E-state index in [0.717, 1.165) is 19.6 Å². The summed E-state index contributed by atoms with van der Waals surface area (Å²) in [4.78, 5) is 0. The summed E-state index contributed by atoms with van der Waals surface area (Å²) in [7, 11) is 0. The predicted octanol–water partition coefficient (Wildman–Crippen LogP) is 1.65. The molecule has 1 fully saturated rings. The van der Waals surface area contributed by atoms with Gasteiger partial charge in [-0.3, -0.25) is 0 Å². The largest absolute Gasteiger partial charge is 0.407 e. The number of halogens is 1. The molecule has 0 amide bonds. The molecule has 0 aliphatic carbocycles. The van der Waals surface area contributed by atoms with Crippen LogP contribution in [0.1, 0.15) is 19.2 Å². The molecule has 5 nitrogen and oxygen atoms in total. The van der Waals surface area contributed by atoms with Gasteiger partial charge in [0, 0.05) is 18.6 Å². The van der Waals surface area contributed by atoms with Crippen LogP contribution in [0.25, 0.3) is 0 Å². The van der Waals surface area contributed by atoms with Crippen LogP contribution in [0, 0.1) is 5.92 Å². The Bertz CT molecular complexity index is 312. The third kappa shape index (κ3) is 2.60. The van der Waals surface area contributed by atoms with Gasteiger partial charge < -0.3 is 14.5 Å². The van der Waals surface area contributed by atoms with Gasteiger partial charge in [-0.25, -0.2) is 0 Å². The first-order valence-electron chi connectivity index (χ1n) is 5.02. The molecule has 1 aliphatic rings. The van der Waals surface area contributed by atoms with Crippen molar-refractivity contribution in [2.24, 2.45) is 5.92 Å². The van der Waals surface area contributed by atoms with E-state index in [4.69, 9.17) is 20.8 Å². The summed E-state index contributed by atoms with van der Waals surface area (Å²) in [6, 6.07) is 0.709. The predicted molar refractivity (Wildman–Crippen MR) is 55.9 cm³/mol. The van der Waals surface area contributed by atoms with Crippen molar-refractivity contribution in [3.8, 4) is 0 Å². The lowest BCUT2D eigenvalue weighted by Gasteiger charge is -2.17. The number of aromatic nitrogens is 2. The highest BCUT2D eigenvalue weighted by atomic mass is 35.5. The summed E-state index contributed by atoms with van der Waals surface area (Å²) in [5, 5.41) is 10.8. The average Bonchev–Trinajstić information content (AvgIpc) is 2.87. The highest BCUT2D eigenvalue weighted by Crippen LogP contribution is 2.19. The first-order chi connectivity index (χ1) is 7.29. The Labute approximate surface area is 93.1 Å². The number of nitrogens with one attached hydrogen (secondary N) is 1. The van der Waals surface area contributed by atoms with Gasteiger partial charge in [0.1, 0.15) is 5.88 Å². The molecule has 1 saturated heterocycles. The molecule has 15 heavy (non-hydrogen) atoms. The Balaban J connectivity index is 1.89. The fourth-order valence-electron chi connectivity index (χ4n) is 1.63. The molecule has 2 rings (SSSR count). The topological polar surface area (TPSA) is 60.2 Å². The third-order valence-corrected chi connectivity index (χ3v) is 2.83. The highest BCUT2D eigenvalue weighted by molar-refractivity contribution is 6.16. The van der Waals surface area contributed by atoms with Crippen LogP contribution in [0.15, 0.2) is 4.42 Å². The van der Waals surface area contributed by atoms with Crippen molar-refractivity contribution in [3.63, 3.8) is 0 Å². The van der Waals surface area contributed by atoms with E-state index < -0.39 is 0 Å². The summed E-state index contributed by atoms with van der Waals surface area (Å²) in [6.07, 6.45) is 1.07. The zero-order valence-corrected chi connectivity index (χ0v) is 9.33. The molecule has 0 radical (unpaired) electrons. The Morgan fingerprint density at radius 1 is 1.60 bits per heavy atom. The fourth-order valence-corrected chi connectivity index (χ4v) is 1.73. The number of hydrogen-bond donors (Lipinski definition) is 1. The van der Waals surface area contributed by atoms with E-state index in [-0.39, 0.29) is 11.9 Å². The average molecular weight is 232 g/mol. The zero-order chi connectivity index (χ0) is 10.7. The van der Waals surface area contributed by atoms with E-state index in [0.29, 0.717) is 17.8 Å². The van der Waals surface area contributed by atoms with Gasteiger partial charge in [0.2, 0.25) is 5.89 Å². The molecule has 2 atom stereocenters. The molecule has 0 saturated carbocycles. The summed E-state index contributed by atoms with van der Waals surface area (Å²) in [6.45, 7) is 3.72. The molecule has 0 spiro atoms. The van der Waals surface area contributed by atoms with Crippen LogP contribution < -0.4 is 5.32 Å². The Morgan fingerprint density at radius 2 is 2.47 bits per heavy atom. The maximum Gasteiger partial charge on any atom is 0.315 e. The SMILES string of the molecule is CC(Nc1nnc(CCl)o1)C1CCOC1. The van der Waals surface area contributed by atoms with E-state index >= 15 is 0 Å². The zero-order valence-electron chi connectivity index (χ0n) is 8.57. The first kappa shape index (κ1) is 10.7. The number of anilines is 1. The standard InChI is InChI=1S/C9H14ClN3O2/c1-6(7-2-3-14-5-7)11-9-13-12-8(4-10)15-9/h6-7H,2-5H2,1H3,(H,11,13). The van der Waals surface area contributed by atoms with Crippen molar-refractivity contribution in [2.75, 3.05) is 18.5 Å². The van der Waals surface area contributed by atoms with Crippen molar-refractivity contribution < 1.29 is 9.15 Å².